The molecule has 6 aromatic rings. The van der Waals surface area contributed by atoms with Crippen molar-refractivity contribution in [3.63, 3.8) is 0 Å². The van der Waals surface area contributed by atoms with Crippen LogP contribution in [0, 0.1) is 0 Å². The van der Waals surface area contributed by atoms with Gasteiger partial charge >= 0.3 is 0 Å². The van der Waals surface area contributed by atoms with E-state index in [1.807, 2.05) is 0 Å². The van der Waals surface area contributed by atoms with E-state index in [1.165, 1.54) is 33.4 Å². The molecule has 50 heavy (non-hydrogen) atoms. The van der Waals surface area contributed by atoms with Crippen LogP contribution >= 0.6 is 0 Å². The molecule has 1 spiro atoms. The highest BCUT2D eigenvalue weighted by molar-refractivity contribution is 6.75. The van der Waals surface area contributed by atoms with Crippen molar-refractivity contribution in [2.24, 2.45) is 0 Å². The molecule has 1 aliphatic carbocycles. The summed E-state index contributed by atoms with van der Waals surface area (Å²) < 4.78 is 20.8. The van der Waals surface area contributed by atoms with Gasteiger partial charge in [0.1, 0.15) is 23.0 Å². The third-order valence-electron chi connectivity index (χ3n) is 12.2. The van der Waals surface area contributed by atoms with Crippen LogP contribution in [0.4, 0.5) is 0 Å². The predicted octanol–water partition coefficient (Wildman–Crippen LogP) is 13.2. The van der Waals surface area contributed by atoms with E-state index in [9.17, 15) is 0 Å². The molecule has 0 N–H and O–H groups in total. The van der Waals surface area contributed by atoms with Gasteiger partial charge in [-0.2, -0.15) is 0 Å². The molecule has 0 amide bonds. The van der Waals surface area contributed by atoms with Gasteiger partial charge in [0.2, 0.25) is 16.6 Å². The minimum Gasteiger partial charge on any atom is -0.543 e. The van der Waals surface area contributed by atoms with E-state index in [0.717, 1.165) is 44.5 Å². The molecule has 0 saturated carbocycles. The fourth-order valence-corrected chi connectivity index (χ4v) is 9.50. The average molecular weight is 693 g/mol. The lowest BCUT2D eigenvalue weighted by molar-refractivity contribution is 0.447. The van der Waals surface area contributed by atoms with Crippen LogP contribution in [-0.4, -0.2) is 16.6 Å². The largest absolute Gasteiger partial charge is 0.543 e. The number of fused-ring (bicyclic) bond motifs is 13. The summed E-state index contributed by atoms with van der Waals surface area (Å²) in [6, 6.07) is 40.1. The van der Waals surface area contributed by atoms with E-state index in [-0.39, 0.29) is 10.1 Å². The first-order chi connectivity index (χ1) is 23.5. The zero-order chi connectivity index (χ0) is 35.4. The van der Waals surface area contributed by atoms with Gasteiger partial charge in [-0.15, -0.1) is 0 Å². The molecule has 1 heterocycles. The Labute approximate surface area is 299 Å². The monoisotopic (exact) mass is 692 g/mol. The molecule has 0 bridgehead atoms. The zero-order valence-electron chi connectivity index (χ0n) is 31.1. The molecule has 3 nitrogen and oxygen atoms in total. The van der Waals surface area contributed by atoms with Crippen molar-refractivity contribution in [2.75, 3.05) is 0 Å². The second-order valence-corrected chi connectivity index (χ2v) is 26.8. The second-order valence-electron chi connectivity index (χ2n) is 17.3. The van der Waals surface area contributed by atoms with Gasteiger partial charge in [0.15, 0.2) is 0 Å². The first-order valence-electron chi connectivity index (χ1n) is 17.9. The predicted molar refractivity (Wildman–Crippen MR) is 214 cm³/mol. The van der Waals surface area contributed by atoms with Gasteiger partial charge in [-0.3, -0.25) is 0 Å². The van der Waals surface area contributed by atoms with Crippen LogP contribution < -0.4 is 13.6 Å². The smallest absolute Gasteiger partial charge is 0.250 e. The Morgan fingerprint density at radius 3 is 1.28 bits per heavy atom. The van der Waals surface area contributed by atoms with E-state index in [0.29, 0.717) is 0 Å². The van der Waals surface area contributed by atoms with Gasteiger partial charge in [0, 0.05) is 21.9 Å². The first kappa shape index (κ1) is 32.9. The highest BCUT2D eigenvalue weighted by atomic mass is 28.4. The Balaban J connectivity index is 1.38. The molecule has 254 valence electrons. The summed E-state index contributed by atoms with van der Waals surface area (Å²) in [5, 5.41) is 4.62. The third-order valence-corrected chi connectivity index (χ3v) is 20.9. The van der Waals surface area contributed by atoms with Crippen LogP contribution in [0.3, 0.4) is 0 Å². The fraction of sp³-hybridized carbons (Fsp3) is 0.289. The molecule has 0 atom stereocenters. The van der Waals surface area contributed by atoms with Gasteiger partial charge in [-0.25, -0.2) is 0 Å². The van der Waals surface area contributed by atoms with Crippen molar-refractivity contribution in [2.45, 2.75) is 83.2 Å². The maximum Gasteiger partial charge on any atom is 0.250 e. The molecule has 0 radical (unpaired) electrons. The quantitative estimate of drug-likeness (QED) is 0.172. The molecule has 2 aliphatic rings. The van der Waals surface area contributed by atoms with Gasteiger partial charge in [-0.05, 0) is 106 Å². The molecule has 8 rings (SSSR count). The molecule has 0 saturated heterocycles. The van der Waals surface area contributed by atoms with Crippen molar-refractivity contribution in [1.29, 1.82) is 0 Å². The summed E-state index contributed by atoms with van der Waals surface area (Å²) in [5.74, 6) is 3.67. The number of benzene rings is 6. The average Bonchev–Trinajstić information content (AvgIpc) is 3.34. The molecule has 6 aromatic carbocycles. The van der Waals surface area contributed by atoms with E-state index in [4.69, 9.17) is 13.6 Å². The van der Waals surface area contributed by atoms with E-state index >= 15 is 0 Å². The number of hydrogen-bond acceptors (Lipinski definition) is 3. The van der Waals surface area contributed by atoms with Crippen molar-refractivity contribution >= 4 is 38.2 Å². The Morgan fingerprint density at radius 2 is 0.880 bits per heavy atom. The van der Waals surface area contributed by atoms with Crippen LogP contribution in [0.5, 0.6) is 23.0 Å². The van der Waals surface area contributed by atoms with E-state index < -0.39 is 22.0 Å². The summed E-state index contributed by atoms with van der Waals surface area (Å²) in [4.78, 5) is 0. The van der Waals surface area contributed by atoms with Gasteiger partial charge in [-0.1, -0.05) is 114 Å². The van der Waals surface area contributed by atoms with Crippen LogP contribution in [0.15, 0.2) is 109 Å². The van der Waals surface area contributed by atoms with E-state index in [2.05, 4.69) is 177 Å². The first-order valence-corrected chi connectivity index (χ1v) is 23.7. The standard InChI is InChI=1S/C45H48O3Si2/c1-43(2,3)49(7,8)47-31-21-23-33-29(27-31)19-25-39-41(33)46-42-34-24-22-32(48-50(9,10)44(4,5)6)28-30(34)20-26-40(42)45(39)37-17-13-11-15-35(37)36-16-12-14-18-38(36)45/h11-28H,1-10H3. The summed E-state index contributed by atoms with van der Waals surface area (Å²) in [6.07, 6.45) is 0. The zero-order valence-corrected chi connectivity index (χ0v) is 33.1. The molecule has 0 unspecified atom stereocenters. The summed E-state index contributed by atoms with van der Waals surface area (Å²) in [6.45, 7) is 22.9. The normalized spacial score (nSPS) is 14.9. The lowest BCUT2D eigenvalue weighted by atomic mass is 9.65. The third kappa shape index (κ3) is 4.73. The minimum absolute atomic E-state index is 0.108. The summed E-state index contributed by atoms with van der Waals surface area (Å²) >= 11 is 0. The van der Waals surface area contributed by atoms with Gasteiger partial charge in [0.25, 0.3) is 0 Å². The van der Waals surface area contributed by atoms with Crippen LogP contribution in [0.1, 0.15) is 63.8 Å². The fourth-order valence-electron chi connectivity index (χ4n) is 7.45. The van der Waals surface area contributed by atoms with E-state index in [1.54, 1.807) is 0 Å². The molecule has 0 fully saturated rings. The molecule has 1 aliphatic heterocycles. The lowest BCUT2D eigenvalue weighted by Gasteiger charge is -2.40. The molecule has 0 aromatic heterocycles. The molecular formula is C45H48O3Si2. The minimum atomic E-state index is -2.01. The maximum atomic E-state index is 7.25. The van der Waals surface area contributed by atoms with Crippen LogP contribution in [0.2, 0.25) is 36.3 Å². The number of ether oxygens (including phenoxy) is 1. The summed E-state index contributed by atoms with van der Waals surface area (Å²) in [5.41, 5.74) is 6.94. The van der Waals surface area contributed by atoms with Crippen molar-refractivity contribution in [3.8, 4) is 34.1 Å². The Kier molecular flexibility index (Phi) is 7.12. The van der Waals surface area contributed by atoms with Crippen LogP contribution in [-0.2, 0) is 5.41 Å². The number of rotatable bonds is 4. The maximum absolute atomic E-state index is 7.25. The van der Waals surface area contributed by atoms with Crippen molar-refractivity contribution in [3.05, 3.63) is 131 Å². The highest BCUT2D eigenvalue weighted by Crippen LogP contribution is 2.64. The lowest BCUT2D eigenvalue weighted by Crippen LogP contribution is -2.43. The van der Waals surface area contributed by atoms with Crippen molar-refractivity contribution in [1.82, 2.24) is 0 Å². The van der Waals surface area contributed by atoms with Crippen molar-refractivity contribution < 1.29 is 13.6 Å². The Bertz CT molecular complexity index is 2170. The molecular weight excluding hydrogens is 645 g/mol. The molecule has 5 heteroatoms. The second kappa shape index (κ2) is 10.8. The highest BCUT2D eigenvalue weighted by Gasteiger charge is 2.52. The SMILES string of the molecule is CC(C)(C)[Si](C)(C)Oc1ccc2c3c(ccc2c1)C1(c2ccccc2-c2ccccc21)c1ccc2cc(O[Si](C)(C)C(C)(C)C)ccc2c1O3. The number of hydrogen-bond donors (Lipinski definition) is 0. The Hall–Kier alpha value is -4.33. The van der Waals surface area contributed by atoms with Crippen LogP contribution in [0.25, 0.3) is 32.7 Å². The summed E-state index contributed by atoms with van der Waals surface area (Å²) in [7, 11) is -4.03. The Morgan fingerprint density at radius 1 is 0.480 bits per heavy atom. The van der Waals surface area contributed by atoms with Gasteiger partial charge in [0.05, 0.1) is 5.41 Å². The topological polar surface area (TPSA) is 27.7 Å². The van der Waals surface area contributed by atoms with Gasteiger partial charge < -0.3 is 13.6 Å².